The molecule has 0 aliphatic carbocycles. The number of amides is 1. The number of hydrogen-bond donors (Lipinski definition) is 3. The van der Waals surface area contributed by atoms with Crippen molar-refractivity contribution < 1.29 is 47.4 Å². The van der Waals surface area contributed by atoms with Crippen LogP contribution in [0, 0.1) is 6.92 Å². The van der Waals surface area contributed by atoms with Crippen LogP contribution in [0.2, 0.25) is 0 Å². The number of fused-ring (bicyclic) bond motifs is 4. The van der Waals surface area contributed by atoms with Crippen LogP contribution in [-0.2, 0) is 32.5 Å². The lowest BCUT2D eigenvalue weighted by Gasteiger charge is -2.32. The zero-order valence-corrected chi connectivity index (χ0v) is 62.8. The molecule has 5 unspecified atom stereocenters. The molecule has 0 aromatic heterocycles. The fourth-order valence-electron chi connectivity index (χ4n) is 13.0. The molecule has 10 aromatic carbocycles. The molecule has 10 aromatic rings. The summed E-state index contributed by atoms with van der Waals surface area (Å²) in [5.74, 6) is 7.60. The Balaban J connectivity index is 0.000000160. The third-order valence-electron chi connectivity index (χ3n) is 18.9. The fourth-order valence-corrected chi connectivity index (χ4v) is 13.0. The summed E-state index contributed by atoms with van der Waals surface area (Å²) in [7, 11) is 12.3. The van der Waals surface area contributed by atoms with Crippen molar-refractivity contribution in [2.45, 2.75) is 123 Å². The van der Waals surface area contributed by atoms with Crippen molar-refractivity contribution in [3.8, 4) is 46.0 Å². The van der Waals surface area contributed by atoms with Gasteiger partial charge in [0.05, 0.1) is 52.7 Å². The van der Waals surface area contributed by atoms with Crippen molar-refractivity contribution in [2.24, 2.45) is 0 Å². The molecule has 3 aliphatic rings. The fraction of sp³-hybridized carbons (Fsp3) is 0.322. The Bertz CT molecular complexity index is 4090. The molecule has 13 nitrogen and oxygen atoms in total. The minimum Gasteiger partial charge on any atom is -0.497 e. The Kier molecular flexibility index (Phi) is 31.3. The van der Waals surface area contributed by atoms with Crippen LogP contribution in [0.4, 0.5) is 0 Å². The maximum Gasteiger partial charge on any atom is 0.251 e. The molecule has 1 fully saturated rings. The van der Waals surface area contributed by atoms with Crippen LogP contribution >= 0.6 is 0 Å². The third-order valence-corrected chi connectivity index (χ3v) is 18.9. The zero-order valence-electron chi connectivity index (χ0n) is 62.8. The van der Waals surface area contributed by atoms with E-state index in [4.69, 9.17) is 42.6 Å². The first kappa shape index (κ1) is 79.0. The van der Waals surface area contributed by atoms with E-state index in [2.05, 4.69) is 184 Å². The number of para-hydroxylation sites is 2. The van der Waals surface area contributed by atoms with Gasteiger partial charge in [-0.25, -0.2) is 0 Å². The molecule has 542 valence electrons. The molecule has 1 amide bonds. The van der Waals surface area contributed by atoms with Crippen molar-refractivity contribution in [3.05, 3.63) is 309 Å². The average Bonchev–Trinajstić information content (AvgIpc) is 0.783. The van der Waals surface area contributed by atoms with Gasteiger partial charge in [0.1, 0.15) is 46.0 Å². The normalized spacial score (nSPS) is 15.3. The molecule has 3 N–H and O–H groups in total. The second kappa shape index (κ2) is 40.8. The predicted octanol–water partition coefficient (Wildman–Crippen LogP) is 19.9. The number of carbonyl (C=O) groups is 1. The van der Waals surface area contributed by atoms with Crippen LogP contribution in [-0.4, -0.2) is 87.7 Å². The first-order valence-corrected chi connectivity index (χ1v) is 36.1. The first-order chi connectivity index (χ1) is 50.2. The Morgan fingerprint density at radius 3 is 1.61 bits per heavy atom. The van der Waals surface area contributed by atoms with Crippen LogP contribution in [0.15, 0.2) is 237 Å². The summed E-state index contributed by atoms with van der Waals surface area (Å²) in [5, 5.41) is 9.37. The highest BCUT2D eigenvalue weighted by Crippen LogP contribution is 2.47. The summed E-state index contributed by atoms with van der Waals surface area (Å²) >= 11 is 0. The molecule has 13 rings (SSSR count). The van der Waals surface area contributed by atoms with Gasteiger partial charge in [0.25, 0.3) is 5.91 Å². The van der Waals surface area contributed by atoms with Crippen molar-refractivity contribution in [1.29, 1.82) is 0 Å². The van der Waals surface area contributed by atoms with E-state index in [1.807, 2.05) is 131 Å². The molecular weight excluding hydrogens is 1280 g/mol. The SMILES string of the molecule is CCC1c2ccccc2Oc2cc(C)ccc21.CCOCC1CCCC(OC)O1.CCOc1ccc2c(c1)Oc1ccccc1C2NC.CCc1ccc(C(NC)c2ccc(OC)cc2OC)cc1.CCc1ccc(OC)cc1.CNC(=O)c1ccc(C(C)(c2ccccc2)c2ccccc2)cc1. The van der Waals surface area contributed by atoms with E-state index in [9.17, 15) is 4.79 Å². The summed E-state index contributed by atoms with van der Waals surface area (Å²) in [6.07, 6.45) is 6.76. The summed E-state index contributed by atoms with van der Waals surface area (Å²) < 4.78 is 49.3. The van der Waals surface area contributed by atoms with Crippen LogP contribution < -0.4 is 44.4 Å². The highest BCUT2D eigenvalue weighted by molar-refractivity contribution is 5.94. The Hall–Kier alpha value is -9.73. The van der Waals surface area contributed by atoms with Crippen molar-refractivity contribution in [2.75, 3.05) is 69.4 Å². The first-order valence-electron chi connectivity index (χ1n) is 36.1. The third kappa shape index (κ3) is 21.2. The lowest BCUT2D eigenvalue weighted by molar-refractivity contribution is -0.191. The number of nitrogens with one attached hydrogen (secondary N) is 3. The monoisotopic (exact) mass is 1390 g/mol. The summed E-state index contributed by atoms with van der Waals surface area (Å²) in [6, 6.07) is 80.8. The van der Waals surface area contributed by atoms with Gasteiger partial charge in [-0.15, -0.1) is 0 Å². The molecule has 3 heterocycles. The Morgan fingerprint density at radius 1 is 0.524 bits per heavy atom. The molecule has 0 saturated carbocycles. The number of hydrogen-bond acceptors (Lipinski definition) is 12. The van der Waals surface area contributed by atoms with E-state index >= 15 is 0 Å². The Morgan fingerprint density at radius 2 is 1.06 bits per heavy atom. The molecule has 5 atom stereocenters. The molecular formula is C90H107N3O10. The lowest BCUT2D eigenvalue weighted by Crippen LogP contribution is -2.32. The standard InChI is InChI=1S/C22H21NO.C18H23NO2.C16H17NO2.C16H16O.C9H18O3.C9H12O/c1-22(18-9-5-3-6-10-18,19-11-7-4-8-12-19)20-15-13-17(14-16-20)21(24)23-2;1-5-13-6-8-14(9-7-13)18(19-2)16-11-10-15(20-3)12-17(16)21-4;1-3-18-11-8-9-13-15(10-11)19-14-7-5-4-6-12(14)16(13)17-2;1-3-12-13-6-4-5-7-15(13)17-16-10-11(2)8-9-14(12)16;1-3-11-7-8-5-4-6-9(10-2)12-8;1-3-8-4-6-9(10-2)7-5-8/h3-16H,1-2H3,(H,23,24);6-12,18-19H,5H2,1-4H3;4-10,16-17H,3H2,1-2H3;4-10,12H,3H2,1-2H3;8-9H,3-7H2,1-2H3;4-7H,3H2,1-2H3. The van der Waals surface area contributed by atoms with Gasteiger partial charge in [0.15, 0.2) is 6.29 Å². The molecule has 0 radical (unpaired) electrons. The molecule has 103 heavy (non-hydrogen) atoms. The van der Waals surface area contributed by atoms with Gasteiger partial charge in [-0.2, -0.15) is 0 Å². The summed E-state index contributed by atoms with van der Waals surface area (Å²) in [4.78, 5) is 11.8. The highest BCUT2D eigenvalue weighted by Gasteiger charge is 2.32. The lowest BCUT2D eigenvalue weighted by atomic mass is 9.71. The quantitative estimate of drug-likeness (QED) is 0.0627. The van der Waals surface area contributed by atoms with Gasteiger partial charge >= 0.3 is 0 Å². The topological polar surface area (TPSA) is 136 Å². The van der Waals surface area contributed by atoms with Gasteiger partial charge in [0, 0.05) is 77.6 Å². The number of methoxy groups -OCH3 is 4. The maximum atomic E-state index is 11.8. The number of ether oxygens (including phenoxy) is 9. The maximum absolute atomic E-state index is 11.8. The van der Waals surface area contributed by atoms with E-state index in [1.165, 1.54) is 56.5 Å². The van der Waals surface area contributed by atoms with Gasteiger partial charge < -0.3 is 58.6 Å². The van der Waals surface area contributed by atoms with Crippen molar-refractivity contribution in [3.63, 3.8) is 0 Å². The minimum absolute atomic E-state index is 0.00999. The zero-order chi connectivity index (χ0) is 73.5. The van der Waals surface area contributed by atoms with Crippen LogP contribution in [0.1, 0.15) is 162 Å². The summed E-state index contributed by atoms with van der Waals surface area (Å²) in [6.45, 7) is 17.0. The van der Waals surface area contributed by atoms with Gasteiger partial charge in [0.2, 0.25) is 0 Å². The van der Waals surface area contributed by atoms with Gasteiger partial charge in [-0.3, -0.25) is 4.79 Å². The van der Waals surface area contributed by atoms with Crippen molar-refractivity contribution >= 4 is 5.91 Å². The summed E-state index contributed by atoms with van der Waals surface area (Å²) in [5.41, 5.74) is 15.2. The van der Waals surface area contributed by atoms with Crippen LogP contribution in [0.3, 0.4) is 0 Å². The van der Waals surface area contributed by atoms with E-state index in [1.54, 1.807) is 35.5 Å². The molecule has 13 heteroatoms. The van der Waals surface area contributed by atoms with E-state index in [0.717, 1.165) is 101 Å². The molecule has 0 bridgehead atoms. The average molecular weight is 1390 g/mol. The van der Waals surface area contributed by atoms with Crippen molar-refractivity contribution in [1.82, 2.24) is 16.0 Å². The van der Waals surface area contributed by atoms with Crippen LogP contribution in [0.5, 0.6) is 46.0 Å². The minimum atomic E-state index is -0.274. The largest absolute Gasteiger partial charge is 0.497 e. The number of aryl methyl sites for hydroxylation is 3. The number of carbonyl (C=O) groups excluding carboxylic acids is 1. The highest BCUT2D eigenvalue weighted by atomic mass is 16.7. The second-order valence-corrected chi connectivity index (χ2v) is 25.3. The van der Waals surface area contributed by atoms with E-state index < -0.39 is 0 Å². The van der Waals surface area contributed by atoms with Gasteiger partial charge in [-0.1, -0.05) is 178 Å². The second-order valence-electron chi connectivity index (χ2n) is 25.3. The van der Waals surface area contributed by atoms with Crippen LogP contribution in [0.25, 0.3) is 0 Å². The molecule has 0 spiro atoms. The number of benzene rings is 10. The number of rotatable bonds is 20. The van der Waals surface area contributed by atoms with Gasteiger partial charge in [-0.05, 0) is 186 Å². The van der Waals surface area contributed by atoms with E-state index in [-0.39, 0.29) is 35.8 Å². The smallest absolute Gasteiger partial charge is 0.251 e. The van der Waals surface area contributed by atoms with E-state index in [0.29, 0.717) is 24.7 Å². The molecule has 3 aliphatic heterocycles. The predicted molar refractivity (Wildman–Crippen MR) is 418 cm³/mol. The molecule has 1 saturated heterocycles. The Labute approximate surface area is 613 Å².